The Balaban J connectivity index is 0. The molecule has 3 nitrogen and oxygen atoms in total. The molecule has 0 saturated carbocycles. The van der Waals surface area contributed by atoms with Crippen LogP contribution in [0.15, 0.2) is 50.6 Å². The zero-order valence-corrected chi connectivity index (χ0v) is 9.77. The fourth-order valence-corrected chi connectivity index (χ4v) is 1.54. The van der Waals surface area contributed by atoms with E-state index in [2.05, 4.69) is 26.3 Å². The number of quaternary nitrogens is 1. The Morgan fingerprint density at radius 2 is 1.06 bits per heavy atom. The Morgan fingerprint density at radius 3 is 1.19 bits per heavy atom. The van der Waals surface area contributed by atoms with E-state index in [4.69, 9.17) is 10.4 Å². The first kappa shape index (κ1) is 16.6. The van der Waals surface area contributed by atoms with Gasteiger partial charge in [0.2, 0.25) is 0 Å². The van der Waals surface area contributed by atoms with E-state index in [9.17, 15) is 0 Å². The van der Waals surface area contributed by atoms with Crippen molar-refractivity contribution in [3.05, 3.63) is 50.6 Å². The summed E-state index contributed by atoms with van der Waals surface area (Å²) in [5.74, 6) is 0. The van der Waals surface area contributed by atoms with E-state index in [-0.39, 0.29) is 0 Å². The number of nitriles is 1. The molecule has 0 rings (SSSR count). The molecule has 0 saturated heterocycles. The van der Waals surface area contributed by atoms with Crippen molar-refractivity contribution in [3.8, 4) is 6.26 Å². The Morgan fingerprint density at radius 1 is 0.875 bits per heavy atom. The Labute approximate surface area is 98.5 Å². The second kappa shape index (κ2) is 11.3. The summed E-state index contributed by atoms with van der Waals surface area (Å²) in [6.07, 6.45) is 8.26. The molecule has 0 fully saturated rings. The van der Waals surface area contributed by atoms with Crippen molar-refractivity contribution in [3.63, 3.8) is 0 Å². The summed E-state index contributed by atoms with van der Waals surface area (Å²) in [6.45, 7) is 18.8. The van der Waals surface area contributed by atoms with Gasteiger partial charge in [0, 0.05) is 6.26 Å². The number of hydrogen-bond acceptors (Lipinski definition) is 2. The highest BCUT2D eigenvalue weighted by Gasteiger charge is 2.20. The summed E-state index contributed by atoms with van der Waals surface area (Å²) in [5, 5.41) is 15.0. The average Bonchev–Trinajstić information content (AvgIpc) is 2.20. The van der Waals surface area contributed by atoms with Gasteiger partial charge >= 0.3 is 0 Å². The minimum atomic E-state index is 0.500. The Kier molecular flexibility index (Phi) is 11.7. The van der Waals surface area contributed by atoms with Gasteiger partial charge in [-0.1, -0.05) is 26.3 Å². The van der Waals surface area contributed by atoms with Gasteiger partial charge in [-0.25, -0.2) is 5.26 Å². The lowest BCUT2D eigenvalue weighted by Gasteiger charge is -2.35. The van der Waals surface area contributed by atoms with Crippen LogP contribution in [0, 0.1) is 11.5 Å². The molecule has 0 radical (unpaired) electrons. The molecule has 0 unspecified atom stereocenters. The van der Waals surface area contributed by atoms with Gasteiger partial charge in [0.15, 0.2) is 0 Å². The van der Waals surface area contributed by atoms with Crippen LogP contribution in [-0.4, -0.2) is 30.7 Å². The van der Waals surface area contributed by atoms with Gasteiger partial charge in [0.25, 0.3) is 0 Å². The molecule has 0 amide bonds. The molecule has 88 valence electrons. The molecule has 0 aliphatic heterocycles. The van der Waals surface area contributed by atoms with E-state index in [1.807, 2.05) is 24.3 Å². The third kappa shape index (κ3) is 7.60. The summed E-state index contributed by atoms with van der Waals surface area (Å²) >= 11 is 0. The summed E-state index contributed by atoms with van der Waals surface area (Å²) in [7, 11) is 0. The predicted molar refractivity (Wildman–Crippen MR) is 66.1 cm³/mol. The summed E-state index contributed by atoms with van der Waals surface area (Å²) in [6, 6.07) is 0. The molecular formula is C13H20N2O. The van der Waals surface area contributed by atoms with Crippen LogP contribution in [0.4, 0.5) is 0 Å². The molecule has 0 spiro atoms. The van der Waals surface area contributed by atoms with Crippen LogP contribution in [-0.2, 0) is 0 Å². The third-order valence-corrected chi connectivity index (χ3v) is 2.07. The van der Waals surface area contributed by atoms with Gasteiger partial charge in [0.05, 0.1) is 26.2 Å². The molecule has 0 atom stereocenters. The summed E-state index contributed by atoms with van der Waals surface area (Å²) in [5.41, 5.74) is 0. The molecule has 16 heavy (non-hydrogen) atoms. The fraction of sp³-hybridized carbons (Fsp3) is 0.308. The lowest BCUT2D eigenvalue weighted by atomic mass is 10.3. The van der Waals surface area contributed by atoms with Crippen LogP contribution < -0.4 is 5.11 Å². The van der Waals surface area contributed by atoms with E-state index in [0.29, 0.717) is 6.26 Å². The molecule has 0 bridgehead atoms. The molecule has 0 aromatic carbocycles. The largest absolute Gasteiger partial charge is 0.812 e. The SMILES string of the molecule is C=CC[N+](CC=C)(CC=C)CC=C.N#C[O-]. The zero-order valence-electron chi connectivity index (χ0n) is 9.77. The third-order valence-electron chi connectivity index (χ3n) is 2.07. The highest BCUT2D eigenvalue weighted by Crippen LogP contribution is 2.07. The maximum absolute atomic E-state index is 8.24. The highest BCUT2D eigenvalue weighted by molar-refractivity contribution is 4.79. The minimum Gasteiger partial charge on any atom is -0.812 e. The van der Waals surface area contributed by atoms with E-state index in [1.54, 1.807) is 0 Å². The van der Waals surface area contributed by atoms with Gasteiger partial charge in [0.1, 0.15) is 0 Å². The Bertz CT molecular complexity index is 218. The average molecular weight is 220 g/mol. The lowest BCUT2D eigenvalue weighted by Crippen LogP contribution is -2.48. The maximum atomic E-state index is 8.24. The topological polar surface area (TPSA) is 46.8 Å². The van der Waals surface area contributed by atoms with Crippen LogP contribution in [0.2, 0.25) is 0 Å². The zero-order chi connectivity index (χ0) is 12.9. The summed E-state index contributed by atoms with van der Waals surface area (Å²) < 4.78 is 0.903. The first-order chi connectivity index (χ1) is 7.66. The van der Waals surface area contributed by atoms with Crippen LogP contribution in [0.25, 0.3) is 0 Å². The molecule has 3 heteroatoms. The van der Waals surface area contributed by atoms with Crippen molar-refractivity contribution in [2.75, 3.05) is 26.2 Å². The minimum absolute atomic E-state index is 0.500. The molecular weight excluding hydrogens is 200 g/mol. The van der Waals surface area contributed by atoms with Crippen LogP contribution in [0.3, 0.4) is 0 Å². The second-order valence-corrected chi connectivity index (χ2v) is 3.32. The normalized spacial score (nSPS) is 8.94. The van der Waals surface area contributed by atoms with Crippen molar-refractivity contribution >= 4 is 0 Å². The fourth-order valence-electron chi connectivity index (χ4n) is 1.54. The van der Waals surface area contributed by atoms with E-state index in [0.717, 1.165) is 30.7 Å². The molecule has 0 aliphatic carbocycles. The van der Waals surface area contributed by atoms with E-state index in [1.165, 1.54) is 0 Å². The maximum Gasteiger partial charge on any atom is 0.0978 e. The van der Waals surface area contributed by atoms with E-state index < -0.39 is 0 Å². The highest BCUT2D eigenvalue weighted by atomic mass is 16.2. The monoisotopic (exact) mass is 220 g/mol. The van der Waals surface area contributed by atoms with Gasteiger partial charge in [-0.2, -0.15) is 0 Å². The number of rotatable bonds is 8. The Hall–Kier alpha value is -1.79. The van der Waals surface area contributed by atoms with Gasteiger partial charge in [-0.3, -0.25) is 0 Å². The number of nitrogens with zero attached hydrogens (tertiary/aromatic N) is 2. The molecule has 0 aromatic rings. The predicted octanol–water partition coefficient (Wildman–Crippen LogP) is 1.37. The lowest BCUT2D eigenvalue weighted by molar-refractivity contribution is -0.906. The standard InChI is InChI=1S/C12H20N.CHNO/c1-5-9-13(10-6-2,11-7-3)12-8-4;2-1-3/h5-8H,1-4,9-12H2;3H/q+1;/p-1. The molecule has 0 heterocycles. The molecule has 0 aromatic heterocycles. The first-order valence-corrected chi connectivity index (χ1v) is 4.96. The molecule has 0 N–H and O–H groups in total. The van der Waals surface area contributed by atoms with Crippen molar-refractivity contribution in [2.45, 2.75) is 0 Å². The second-order valence-electron chi connectivity index (χ2n) is 3.32. The van der Waals surface area contributed by atoms with Crippen molar-refractivity contribution in [1.29, 1.82) is 5.26 Å². The van der Waals surface area contributed by atoms with Crippen molar-refractivity contribution in [2.24, 2.45) is 0 Å². The van der Waals surface area contributed by atoms with Crippen molar-refractivity contribution in [1.82, 2.24) is 0 Å². The van der Waals surface area contributed by atoms with Gasteiger partial charge < -0.3 is 9.59 Å². The van der Waals surface area contributed by atoms with Gasteiger partial charge in [-0.15, -0.1) is 0 Å². The van der Waals surface area contributed by atoms with Crippen molar-refractivity contribution < 1.29 is 9.59 Å². The van der Waals surface area contributed by atoms with Crippen LogP contribution in [0.5, 0.6) is 0 Å². The molecule has 0 aliphatic rings. The number of hydrogen-bond donors (Lipinski definition) is 0. The first-order valence-electron chi connectivity index (χ1n) is 4.96. The van der Waals surface area contributed by atoms with E-state index >= 15 is 0 Å². The smallest absolute Gasteiger partial charge is 0.0978 e. The van der Waals surface area contributed by atoms with Crippen LogP contribution >= 0.6 is 0 Å². The summed E-state index contributed by atoms with van der Waals surface area (Å²) in [4.78, 5) is 0. The van der Waals surface area contributed by atoms with Gasteiger partial charge in [-0.05, 0) is 24.3 Å². The van der Waals surface area contributed by atoms with Crippen LogP contribution in [0.1, 0.15) is 0 Å². The quantitative estimate of drug-likeness (QED) is 0.352.